The standard InChI is InChI=1S/C37H24F12N2O6/c1-57-26-12-20(52)2-3-22(26)27-21-4-5-23-28(32(55)50(30(23)53)18-8-14(34(38,39)40)6-15(9-18)35(41,42)43)24(21)13-25-29(27)33(56)51(31(25)54)19-10-16(36(44,45)46)7-17(11-19)37(47,48)49/h2-4,6-12,23-25,27-29,52H,5,13H2,1H3. The first-order chi connectivity index (χ1) is 26.3. The lowest BCUT2D eigenvalue weighted by Crippen LogP contribution is -2.43. The molecule has 2 saturated heterocycles. The normalized spacial score (nSPS) is 25.4. The Morgan fingerprint density at radius 1 is 0.579 bits per heavy atom. The molecule has 1 N–H and O–H groups in total. The average molecular weight is 821 g/mol. The number of amides is 4. The van der Waals surface area contributed by atoms with Gasteiger partial charge in [0.05, 0.1) is 64.4 Å². The molecule has 0 aromatic heterocycles. The Bertz CT molecular complexity index is 2200. The number of nitrogens with zero attached hydrogens (tertiary/aromatic N) is 2. The number of phenolic OH excluding ortho intramolecular Hbond substituents is 1. The second-order valence-electron chi connectivity index (χ2n) is 14.0. The zero-order chi connectivity index (χ0) is 41.9. The summed E-state index contributed by atoms with van der Waals surface area (Å²) >= 11 is 0. The van der Waals surface area contributed by atoms with E-state index in [-0.39, 0.29) is 75.3 Å². The number of carbonyl (C=O) groups excluding carboxylic acids is 4. The van der Waals surface area contributed by atoms with Gasteiger partial charge in [0.1, 0.15) is 11.5 Å². The van der Waals surface area contributed by atoms with Crippen LogP contribution in [0.1, 0.15) is 46.6 Å². The highest BCUT2D eigenvalue weighted by atomic mass is 19.4. The number of carbonyl (C=O) groups is 4. The molecule has 6 unspecified atom stereocenters. The van der Waals surface area contributed by atoms with Crippen LogP contribution in [0.15, 0.2) is 66.2 Å². The number of anilines is 2. The molecule has 6 atom stereocenters. The number of ether oxygens (including phenoxy) is 1. The Morgan fingerprint density at radius 3 is 1.46 bits per heavy atom. The van der Waals surface area contributed by atoms with Gasteiger partial charge in [-0.3, -0.25) is 19.2 Å². The first-order valence-electron chi connectivity index (χ1n) is 16.7. The highest BCUT2D eigenvalue weighted by molar-refractivity contribution is 6.24. The van der Waals surface area contributed by atoms with Crippen LogP contribution in [0.2, 0.25) is 0 Å². The summed E-state index contributed by atoms with van der Waals surface area (Å²) in [7, 11) is 1.15. The smallest absolute Gasteiger partial charge is 0.416 e. The number of aromatic hydroxyl groups is 1. The number of hydrogen-bond donors (Lipinski definition) is 1. The summed E-state index contributed by atoms with van der Waals surface area (Å²) in [6.45, 7) is 0. The predicted molar refractivity (Wildman–Crippen MR) is 170 cm³/mol. The van der Waals surface area contributed by atoms with Crippen molar-refractivity contribution in [1.29, 1.82) is 0 Å². The number of allylic oxidation sites excluding steroid dienone is 2. The largest absolute Gasteiger partial charge is 0.508 e. The number of alkyl halides is 12. The van der Waals surface area contributed by atoms with E-state index in [0.29, 0.717) is 0 Å². The molecule has 2 heterocycles. The molecule has 4 amide bonds. The Hall–Kier alpha value is -5.56. The van der Waals surface area contributed by atoms with E-state index in [1.54, 1.807) is 0 Å². The van der Waals surface area contributed by atoms with Gasteiger partial charge in [0, 0.05) is 17.5 Å². The lowest BCUT2D eigenvalue weighted by molar-refractivity contribution is -0.144. The molecule has 302 valence electrons. The molecular weight excluding hydrogens is 796 g/mol. The van der Waals surface area contributed by atoms with Crippen LogP contribution < -0.4 is 14.5 Å². The first-order valence-corrected chi connectivity index (χ1v) is 16.7. The average Bonchev–Trinajstić information content (AvgIpc) is 3.52. The van der Waals surface area contributed by atoms with Crippen molar-refractivity contribution in [2.45, 2.75) is 43.5 Å². The van der Waals surface area contributed by atoms with Crippen LogP contribution in [0.5, 0.6) is 11.5 Å². The van der Waals surface area contributed by atoms with Gasteiger partial charge < -0.3 is 9.84 Å². The van der Waals surface area contributed by atoms with Crippen LogP contribution in [0.3, 0.4) is 0 Å². The van der Waals surface area contributed by atoms with Gasteiger partial charge in [-0.1, -0.05) is 17.7 Å². The van der Waals surface area contributed by atoms with E-state index in [0.717, 1.165) is 19.2 Å². The number of phenols is 1. The molecule has 4 aliphatic rings. The Morgan fingerprint density at radius 2 is 1.02 bits per heavy atom. The zero-order valence-electron chi connectivity index (χ0n) is 28.6. The summed E-state index contributed by atoms with van der Waals surface area (Å²) < 4.78 is 171. The van der Waals surface area contributed by atoms with Gasteiger partial charge in [0.2, 0.25) is 23.6 Å². The summed E-state index contributed by atoms with van der Waals surface area (Å²) in [4.78, 5) is 56.9. The Kier molecular flexibility index (Phi) is 9.04. The van der Waals surface area contributed by atoms with Crippen molar-refractivity contribution in [2.24, 2.45) is 29.6 Å². The second kappa shape index (κ2) is 13.0. The third kappa shape index (κ3) is 6.55. The summed E-state index contributed by atoms with van der Waals surface area (Å²) in [6, 6.07) is 3.84. The first kappa shape index (κ1) is 39.7. The van der Waals surface area contributed by atoms with Gasteiger partial charge in [0.25, 0.3) is 0 Å². The molecule has 20 heteroatoms. The third-order valence-electron chi connectivity index (χ3n) is 10.9. The number of fused-ring (bicyclic) bond motifs is 4. The number of imide groups is 2. The van der Waals surface area contributed by atoms with Crippen molar-refractivity contribution in [3.05, 3.63) is 94.1 Å². The molecule has 3 aromatic carbocycles. The highest BCUT2D eigenvalue weighted by Gasteiger charge is 2.63. The van der Waals surface area contributed by atoms with Crippen LogP contribution in [0.4, 0.5) is 64.1 Å². The number of halogens is 12. The van der Waals surface area contributed by atoms with Crippen molar-refractivity contribution in [3.63, 3.8) is 0 Å². The summed E-state index contributed by atoms with van der Waals surface area (Å²) in [5.74, 6) is -14.2. The molecule has 0 bridgehead atoms. The fourth-order valence-corrected chi connectivity index (χ4v) is 8.54. The summed E-state index contributed by atoms with van der Waals surface area (Å²) in [5, 5.41) is 10.2. The molecule has 7 rings (SSSR count). The topological polar surface area (TPSA) is 104 Å². The lowest BCUT2D eigenvalue weighted by atomic mass is 9.57. The molecule has 8 nitrogen and oxygen atoms in total. The maximum Gasteiger partial charge on any atom is 0.416 e. The minimum absolute atomic E-state index is 0.0593. The van der Waals surface area contributed by atoms with Crippen LogP contribution in [0.25, 0.3) is 0 Å². The van der Waals surface area contributed by atoms with Gasteiger partial charge in [-0.25, -0.2) is 9.80 Å². The van der Waals surface area contributed by atoms with Gasteiger partial charge in [-0.15, -0.1) is 0 Å². The SMILES string of the molecule is COc1cc(O)ccc1C1C2=CCC3C(=O)N(c4cc(C(F)(F)F)cc(C(F)(F)F)c4)C(=O)C3C2CC2C(=O)N(c3cc(C(F)(F)F)cc(C(F)(F)F)c3)C(=O)C21. The van der Waals surface area contributed by atoms with E-state index in [1.165, 1.54) is 12.1 Å². The second-order valence-corrected chi connectivity index (χ2v) is 14.0. The minimum Gasteiger partial charge on any atom is -0.508 e. The van der Waals surface area contributed by atoms with E-state index in [4.69, 9.17) is 4.74 Å². The van der Waals surface area contributed by atoms with E-state index in [1.807, 2.05) is 0 Å². The molecule has 2 aliphatic heterocycles. The predicted octanol–water partition coefficient (Wildman–Crippen LogP) is 8.52. The van der Waals surface area contributed by atoms with Crippen molar-refractivity contribution in [3.8, 4) is 11.5 Å². The molecular formula is C37H24F12N2O6. The molecule has 57 heavy (non-hydrogen) atoms. The highest BCUT2D eigenvalue weighted by Crippen LogP contribution is 2.60. The lowest BCUT2D eigenvalue weighted by Gasteiger charge is -2.44. The number of rotatable bonds is 4. The quantitative estimate of drug-likeness (QED) is 0.161. The van der Waals surface area contributed by atoms with Gasteiger partial charge in [-0.05, 0) is 61.2 Å². The molecule has 0 radical (unpaired) electrons. The summed E-state index contributed by atoms with van der Waals surface area (Å²) in [6.07, 6.45) is -20.9. The molecule has 3 fully saturated rings. The van der Waals surface area contributed by atoms with E-state index in [9.17, 15) is 77.0 Å². The van der Waals surface area contributed by atoms with E-state index in [2.05, 4.69) is 0 Å². The van der Waals surface area contributed by atoms with Crippen molar-refractivity contribution >= 4 is 35.0 Å². The van der Waals surface area contributed by atoms with E-state index < -0.39 is 124 Å². The van der Waals surface area contributed by atoms with E-state index >= 15 is 0 Å². The fourth-order valence-electron chi connectivity index (χ4n) is 8.54. The molecule has 2 aliphatic carbocycles. The number of hydrogen-bond acceptors (Lipinski definition) is 6. The summed E-state index contributed by atoms with van der Waals surface area (Å²) in [5.41, 5.74) is -9.21. The van der Waals surface area contributed by atoms with Crippen molar-refractivity contribution < 1.29 is 81.7 Å². The van der Waals surface area contributed by atoms with Crippen LogP contribution >= 0.6 is 0 Å². The molecule has 3 aromatic rings. The minimum atomic E-state index is -5.37. The third-order valence-corrected chi connectivity index (χ3v) is 10.9. The molecule has 0 spiro atoms. The van der Waals surface area contributed by atoms with Gasteiger partial charge >= 0.3 is 24.7 Å². The van der Waals surface area contributed by atoms with Crippen molar-refractivity contribution in [2.75, 3.05) is 16.9 Å². The van der Waals surface area contributed by atoms with Crippen molar-refractivity contribution in [1.82, 2.24) is 0 Å². The van der Waals surface area contributed by atoms with Crippen LogP contribution in [0, 0.1) is 29.6 Å². The molecule has 1 saturated carbocycles. The Balaban J connectivity index is 1.37. The van der Waals surface area contributed by atoms with Gasteiger partial charge in [-0.2, -0.15) is 52.7 Å². The van der Waals surface area contributed by atoms with Crippen LogP contribution in [-0.4, -0.2) is 35.8 Å². The monoisotopic (exact) mass is 820 g/mol. The number of methoxy groups -OCH3 is 1. The van der Waals surface area contributed by atoms with Gasteiger partial charge in [0.15, 0.2) is 0 Å². The fraction of sp³-hybridized carbons (Fsp3) is 0.351. The maximum absolute atomic E-state index is 14.3. The zero-order valence-corrected chi connectivity index (χ0v) is 28.6. The van der Waals surface area contributed by atoms with Crippen LogP contribution in [-0.2, 0) is 43.9 Å². The Labute approximate surface area is 312 Å². The maximum atomic E-state index is 14.3. The number of benzene rings is 3.